The van der Waals surface area contributed by atoms with Gasteiger partial charge in [-0.25, -0.2) is 0 Å². The highest BCUT2D eigenvalue weighted by Gasteiger charge is 1.98. The minimum absolute atomic E-state index is 0.620. The van der Waals surface area contributed by atoms with Gasteiger partial charge in [-0.3, -0.25) is 4.98 Å². The number of aromatic nitrogens is 1. The van der Waals surface area contributed by atoms with Crippen molar-refractivity contribution in [2.75, 3.05) is 12.3 Å². The maximum Gasteiger partial charge on any atom is 0.160 e. The Bertz CT molecular complexity index is 248. The van der Waals surface area contributed by atoms with Crippen LogP contribution in [-0.4, -0.2) is 11.6 Å². The fourth-order valence-electron chi connectivity index (χ4n) is 0.845. The first-order chi connectivity index (χ1) is 5.24. The van der Waals surface area contributed by atoms with E-state index in [0.717, 1.165) is 5.69 Å². The Morgan fingerprint density at radius 2 is 2.36 bits per heavy atom. The molecule has 0 aliphatic heterocycles. The van der Waals surface area contributed by atoms with E-state index >= 15 is 0 Å². The number of pyridine rings is 1. The first-order valence-electron chi connectivity index (χ1n) is 3.59. The Kier molecular flexibility index (Phi) is 2.31. The van der Waals surface area contributed by atoms with E-state index in [9.17, 15) is 0 Å². The Labute approximate surface area is 66.2 Å². The summed E-state index contributed by atoms with van der Waals surface area (Å²) in [5.41, 5.74) is 7.20. The van der Waals surface area contributed by atoms with Crippen molar-refractivity contribution in [1.82, 2.24) is 4.98 Å². The Hall–Kier alpha value is -1.25. The van der Waals surface area contributed by atoms with E-state index in [-0.39, 0.29) is 0 Å². The quantitative estimate of drug-likeness (QED) is 0.696. The van der Waals surface area contributed by atoms with E-state index in [1.165, 1.54) is 0 Å². The zero-order chi connectivity index (χ0) is 8.27. The number of nitrogen functional groups attached to an aromatic ring is 1. The summed E-state index contributed by atoms with van der Waals surface area (Å²) in [5.74, 6) is 0.665. The predicted octanol–water partition coefficient (Wildman–Crippen LogP) is 1.37. The lowest BCUT2D eigenvalue weighted by Gasteiger charge is -2.05. The van der Waals surface area contributed by atoms with Crippen LogP contribution in [0, 0.1) is 6.92 Å². The fraction of sp³-hybridized carbons (Fsp3) is 0.375. The molecule has 1 aromatic heterocycles. The molecular formula is C8H12N2O. The van der Waals surface area contributed by atoms with Crippen LogP contribution in [0.4, 0.5) is 5.69 Å². The molecule has 2 N–H and O–H groups in total. The van der Waals surface area contributed by atoms with Gasteiger partial charge >= 0.3 is 0 Å². The maximum atomic E-state index is 5.64. The average molecular weight is 152 g/mol. The van der Waals surface area contributed by atoms with Gasteiger partial charge in [-0.15, -0.1) is 0 Å². The van der Waals surface area contributed by atoms with Crippen LogP contribution < -0.4 is 10.5 Å². The van der Waals surface area contributed by atoms with Crippen molar-refractivity contribution in [3.63, 3.8) is 0 Å². The van der Waals surface area contributed by atoms with Crippen molar-refractivity contribution in [2.24, 2.45) is 0 Å². The molecule has 0 saturated heterocycles. The van der Waals surface area contributed by atoms with Gasteiger partial charge in [0.15, 0.2) is 5.75 Å². The zero-order valence-corrected chi connectivity index (χ0v) is 6.79. The summed E-state index contributed by atoms with van der Waals surface area (Å²) >= 11 is 0. The Morgan fingerprint density at radius 3 is 2.91 bits per heavy atom. The number of nitrogens with two attached hydrogens (primary N) is 1. The summed E-state index contributed by atoms with van der Waals surface area (Å²) < 4.78 is 5.20. The van der Waals surface area contributed by atoms with Gasteiger partial charge in [0, 0.05) is 5.69 Å². The van der Waals surface area contributed by atoms with Crippen molar-refractivity contribution < 1.29 is 4.74 Å². The first-order valence-corrected chi connectivity index (χ1v) is 3.59. The van der Waals surface area contributed by atoms with Crippen LogP contribution in [0.2, 0.25) is 0 Å². The van der Waals surface area contributed by atoms with Crippen LogP contribution >= 0.6 is 0 Å². The number of nitrogens with zero attached hydrogens (tertiary/aromatic N) is 1. The second-order valence-corrected chi connectivity index (χ2v) is 2.30. The van der Waals surface area contributed by atoms with E-state index in [4.69, 9.17) is 10.5 Å². The molecule has 1 rings (SSSR count). The lowest BCUT2D eigenvalue weighted by Crippen LogP contribution is -1.98. The zero-order valence-electron chi connectivity index (χ0n) is 6.79. The molecule has 11 heavy (non-hydrogen) atoms. The van der Waals surface area contributed by atoms with Crippen molar-refractivity contribution in [1.29, 1.82) is 0 Å². The van der Waals surface area contributed by atoms with E-state index in [2.05, 4.69) is 4.98 Å². The summed E-state index contributed by atoms with van der Waals surface area (Å²) in [7, 11) is 0. The highest BCUT2D eigenvalue weighted by Crippen LogP contribution is 2.19. The molecule has 0 aliphatic carbocycles. The molecule has 0 saturated carbocycles. The third kappa shape index (κ3) is 1.83. The smallest absolute Gasteiger partial charge is 0.160 e. The Morgan fingerprint density at radius 1 is 1.64 bits per heavy atom. The SMILES string of the molecule is CCOc1cnc(C)cc1N. The Balaban J connectivity index is 2.90. The molecule has 3 nitrogen and oxygen atoms in total. The van der Waals surface area contributed by atoms with Gasteiger partial charge < -0.3 is 10.5 Å². The largest absolute Gasteiger partial charge is 0.490 e. The molecule has 3 heteroatoms. The van der Waals surface area contributed by atoms with Gasteiger partial charge in [0.1, 0.15) is 0 Å². The van der Waals surface area contributed by atoms with Crippen LogP contribution in [0.25, 0.3) is 0 Å². The van der Waals surface area contributed by atoms with Crippen molar-refractivity contribution in [3.05, 3.63) is 18.0 Å². The van der Waals surface area contributed by atoms with E-state index in [1.54, 1.807) is 12.3 Å². The van der Waals surface area contributed by atoms with Crippen molar-refractivity contribution in [2.45, 2.75) is 13.8 Å². The molecule has 1 heterocycles. The molecule has 0 fully saturated rings. The van der Waals surface area contributed by atoms with E-state index in [1.807, 2.05) is 13.8 Å². The van der Waals surface area contributed by atoms with Gasteiger partial charge in [0.05, 0.1) is 18.5 Å². The molecule has 0 aliphatic rings. The third-order valence-corrected chi connectivity index (χ3v) is 1.33. The minimum atomic E-state index is 0.620. The lowest BCUT2D eigenvalue weighted by molar-refractivity contribution is 0.340. The number of hydrogen-bond donors (Lipinski definition) is 1. The standard InChI is InChI=1S/C8H12N2O/c1-3-11-8-5-10-6(2)4-7(8)9/h4-5H,3H2,1-2H3,(H2,9,10). The van der Waals surface area contributed by atoms with Crippen molar-refractivity contribution in [3.8, 4) is 5.75 Å². The van der Waals surface area contributed by atoms with Crippen LogP contribution in [0.1, 0.15) is 12.6 Å². The predicted molar refractivity (Wildman–Crippen MR) is 44.6 cm³/mol. The summed E-state index contributed by atoms with van der Waals surface area (Å²) in [6, 6.07) is 1.80. The summed E-state index contributed by atoms with van der Waals surface area (Å²) in [4.78, 5) is 4.05. The first kappa shape index (κ1) is 7.85. The van der Waals surface area contributed by atoms with E-state index in [0.29, 0.717) is 18.0 Å². The molecule has 0 unspecified atom stereocenters. The van der Waals surface area contributed by atoms with Gasteiger partial charge in [0.25, 0.3) is 0 Å². The van der Waals surface area contributed by atoms with E-state index < -0.39 is 0 Å². The minimum Gasteiger partial charge on any atom is -0.490 e. The summed E-state index contributed by atoms with van der Waals surface area (Å²) in [6.45, 7) is 4.43. The molecule has 0 aromatic carbocycles. The topological polar surface area (TPSA) is 48.1 Å². The number of rotatable bonds is 2. The van der Waals surface area contributed by atoms with Gasteiger partial charge in [0.2, 0.25) is 0 Å². The normalized spacial score (nSPS) is 9.64. The number of aryl methyl sites for hydroxylation is 1. The molecule has 60 valence electrons. The van der Waals surface area contributed by atoms with Crippen LogP contribution in [0.15, 0.2) is 12.3 Å². The van der Waals surface area contributed by atoms with Crippen LogP contribution in [0.3, 0.4) is 0 Å². The molecule has 0 bridgehead atoms. The molecule has 0 amide bonds. The van der Waals surface area contributed by atoms with Gasteiger partial charge in [-0.05, 0) is 19.9 Å². The highest BCUT2D eigenvalue weighted by molar-refractivity contribution is 5.51. The number of hydrogen-bond acceptors (Lipinski definition) is 3. The number of ether oxygens (including phenoxy) is 1. The fourth-order valence-corrected chi connectivity index (χ4v) is 0.845. The second kappa shape index (κ2) is 3.23. The monoisotopic (exact) mass is 152 g/mol. The molecular weight excluding hydrogens is 140 g/mol. The van der Waals surface area contributed by atoms with Gasteiger partial charge in [-0.2, -0.15) is 0 Å². The average Bonchev–Trinajstić information content (AvgIpc) is 1.95. The molecule has 0 spiro atoms. The summed E-state index contributed by atoms with van der Waals surface area (Å²) in [6.07, 6.45) is 1.65. The lowest BCUT2D eigenvalue weighted by atomic mass is 10.3. The van der Waals surface area contributed by atoms with Crippen LogP contribution in [-0.2, 0) is 0 Å². The number of anilines is 1. The second-order valence-electron chi connectivity index (χ2n) is 2.30. The van der Waals surface area contributed by atoms with Gasteiger partial charge in [-0.1, -0.05) is 0 Å². The van der Waals surface area contributed by atoms with Crippen LogP contribution in [0.5, 0.6) is 5.75 Å². The summed E-state index contributed by atoms with van der Waals surface area (Å²) in [5, 5.41) is 0. The van der Waals surface area contributed by atoms with Crippen molar-refractivity contribution >= 4 is 5.69 Å². The molecule has 0 radical (unpaired) electrons. The molecule has 0 atom stereocenters. The third-order valence-electron chi connectivity index (χ3n) is 1.33. The maximum absolute atomic E-state index is 5.64. The highest BCUT2D eigenvalue weighted by atomic mass is 16.5. The molecule has 1 aromatic rings.